The molecular formula is C8H11NO2S. The van der Waals surface area contributed by atoms with Crippen molar-refractivity contribution in [1.29, 1.82) is 0 Å². The van der Waals surface area contributed by atoms with Crippen molar-refractivity contribution in [2.75, 3.05) is 6.61 Å². The number of allylic oxidation sites excluding steroid dienone is 1. The molecule has 0 N–H and O–H groups in total. The topological polar surface area (TPSA) is 38.7 Å². The molecule has 0 rings (SSSR count). The molecule has 0 aromatic carbocycles. The van der Waals surface area contributed by atoms with Crippen molar-refractivity contribution in [2.24, 2.45) is 4.99 Å². The van der Waals surface area contributed by atoms with E-state index in [1.165, 1.54) is 0 Å². The van der Waals surface area contributed by atoms with Gasteiger partial charge < -0.3 is 4.74 Å². The Labute approximate surface area is 77.1 Å². The van der Waals surface area contributed by atoms with Crippen LogP contribution in [0.3, 0.4) is 0 Å². The van der Waals surface area contributed by atoms with E-state index >= 15 is 0 Å². The largest absolute Gasteiger partial charge is 0.461 e. The van der Waals surface area contributed by atoms with Crippen LogP contribution in [-0.4, -0.2) is 17.7 Å². The summed E-state index contributed by atoms with van der Waals surface area (Å²) in [5, 5.41) is 2.14. The molecule has 12 heavy (non-hydrogen) atoms. The highest BCUT2D eigenvalue weighted by molar-refractivity contribution is 7.78. The average Bonchev–Trinajstić information content (AvgIpc) is 1.99. The zero-order chi connectivity index (χ0) is 9.56. The summed E-state index contributed by atoms with van der Waals surface area (Å²) in [6, 6.07) is 0. The van der Waals surface area contributed by atoms with Gasteiger partial charge >= 0.3 is 5.97 Å². The first kappa shape index (κ1) is 11.0. The summed E-state index contributed by atoms with van der Waals surface area (Å²) in [6.07, 6.45) is 0. The molecule has 0 spiro atoms. The molecule has 0 bridgehead atoms. The molecule has 0 aliphatic heterocycles. The molecule has 0 amide bonds. The molecule has 0 aliphatic carbocycles. The predicted molar refractivity (Wildman–Crippen MR) is 50.0 cm³/mol. The Bertz CT molecular complexity index is 248. The van der Waals surface area contributed by atoms with Crippen molar-refractivity contribution >= 4 is 23.3 Å². The van der Waals surface area contributed by atoms with Gasteiger partial charge in [0, 0.05) is 0 Å². The number of nitrogens with zero attached hydrogens (tertiary/aromatic N) is 1. The monoisotopic (exact) mass is 185 g/mol. The molecule has 0 unspecified atom stereocenters. The number of aliphatic imine (C=N–C) groups is 1. The Morgan fingerprint density at radius 2 is 2.17 bits per heavy atom. The molecule has 0 aromatic heterocycles. The first-order valence-corrected chi connectivity index (χ1v) is 3.96. The molecule has 0 atom stereocenters. The number of isothiocyanates is 1. The summed E-state index contributed by atoms with van der Waals surface area (Å²) in [5.74, 6) is -0.449. The number of hydrogen-bond donors (Lipinski definition) is 0. The number of esters is 1. The van der Waals surface area contributed by atoms with E-state index in [9.17, 15) is 4.79 Å². The molecule has 0 fully saturated rings. The SMILES string of the molecule is CCOC(=O)C(N=C=S)=C(C)C. The van der Waals surface area contributed by atoms with E-state index in [1.807, 2.05) is 0 Å². The third-order valence-corrected chi connectivity index (χ3v) is 1.19. The highest BCUT2D eigenvalue weighted by Crippen LogP contribution is 2.06. The molecule has 0 saturated carbocycles. The van der Waals surface area contributed by atoms with Crippen LogP contribution in [0.5, 0.6) is 0 Å². The minimum absolute atomic E-state index is 0.242. The molecule has 3 nitrogen and oxygen atoms in total. The molecule has 4 heteroatoms. The van der Waals surface area contributed by atoms with Gasteiger partial charge in [-0.3, -0.25) is 0 Å². The van der Waals surface area contributed by atoms with Crippen LogP contribution in [0.4, 0.5) is 0 Å². The molecule has 0 radical (unpaired) electrons. The van der Waals surface area contributed by atoms with Gasteiger partial charge in [-0.05, 0) is 38.6 Å². The summed E-state index contributed by atoms with van der Waals surface area (Å²) < 4.78 is 4.74. The van der Waals surface area contributed by atoms with E-state index in [0.717, 1.165) is 5.57 Å². The minimum Gasteiger partial charge on any atom is -0.461 e. The summed E-state index contributed by atoms with van der Waals surface area (Å²) in [6.45, 7) is 5.61. The fourth-order valence-corrected chi connectivity index (χ4v) is 0.698. The van der Waals surface area contributed by atoms with Gasteiger partial charge in [0.2, 0.25) is 0 Å². The molecule has 66 valence electrons. The van der Waals surface area contributed by atoms with E-state index in [-0.39, 0.29) is 5.70 Å². The minimum atomic E-state index is -0.449. The highest BCUT2D eigenvalue weighted by atomic mass is 32.1. The van der Waals surface area contributed by atoms with Gasteiger partial charge in [-0.2, -0.15) is 4.99 Å². The third-order valence-electron chi connectivity index (χ3n) is 1.10. The van der Waals surface area contributed by atoms with Gasteiger partial charge in [0.1, 0.15) is 0 Å². The van der Waals surface area contributed by atoms with Crippen LogP contribution < -0.4 is 0 Å². The van der Waals surface area contributed by atoms with Gasteiger partial charge in [0.05, 0.1) is 11.8 Å². The zero-order valence-electron chi connectivity index (χ0n) is 7.38. The first-order valence-electron chi connectivity index (χ1n) is 3.56. The van der Waals surface area contributed by atoms with E-state index < -0.39 is 5.97 Å². The Morgan fingerprint density at radius 1 is 1.58 bits per heavy atom. The van der Waals surface area contributed by atoms with E-state index in [0.29, 0.717) is 6.61 Å². The van der Waals surface area contributed by atoms with Crippen LogP contribution in [0.25, 0.3) is 0 Å². The summed E-state index contributed by atoms with van der Waals surface area (Å²) in [7, 11) is 0. The second kappa shape index (κ2) is 5.63. The van der Waals surface area contributed by atoms with Crippen LogP contribution >= 0.6 is 12.2 Å². The molecule has 0 aliphatic rings. The lowest BCUT2D eigenvalue weighted by atomic mass is 10.2. The first-order chi connectivity index (χ1) is 5.63. The van der Waals surface area contributed by atoms with E-state index in [2.05, 4.69) is 22.4 Å². The van der Waals surface area contributed by atoms with Crippen LogP contribution in [-0.2, 0) is 9.53 Å². The number of rotatable bonds is 3. The van der Waals surface area contributed by atoms with Crippen molar-refractivity contribution < 1.29 is 9.53 Å². The van der Waals surface area contributed by atoms with E-state index in [4.69, 9.17) is 4.74 Å². The lowest BCUT2D eigenvalue weighted by Crippen LogP contribution is -2.07. The van der Waals surface area contributed by atoms with Gasteiger partial charge in [-0.25, -0.2) is 4.79 Å². The molecular weight excluding hydrogens is 174 g/mol. The summed E-state index contributed by atoms with van der Waals surface area (Å²) in [5.41, 5.74) is 1.01. The number of ether oxygens (including phenoxy) is 1. The maximum atomic E-state index is 11.1. The number of hydrogen-bond acceptors (Lipinski definition) is 4. The van der Waals surface area contributed by atoms with Gasteiger partial charge in [0.25, 0.3) is 0 Å². The van der Waals surface area contributed by atoms with Crippen molar-refractivity contribution in [3.63, 3.8) is 0 Å². The number of carbonyl (C=O) groups excluding carboxylic acids is 1. The maximum Gasteiger partial charge on any atom is 0.357 e. The maximum absolute atomic E-state index is 11.1. The zero-order valence-corrected chi connectivity index (χ0v) is 8.20. The Kier molecular flexibility index (Phi) is 5.17. The van der Waals surface area contributed by atoms with E-state index in [1.54, 1.807) is 20.8 Å². The van der Waals surface area contributed by atoms with Crippen LogP contribution in [0.1, 0.15) is 20.8 Å². The number of thiocarbonyl (C=S) groups is 1. The Balaban J connectivity index is 4.65. The van der Waals surface area contributed by atoms with Crippen LogP contribution in [0.2, 0.25) is 0 Å². The third kappa shape index (κ3) is 3.42. The fraction of sp³-hybridized carbons (Fsp3) is 0.500. The van der Waals surface area contributed by atoms with Crippen molar-refractivity contribution in [3.05, 3.63) is 11.3 Å². The van der Waals surface area contributed by atoms with Gasteiger partial charge in [-0.1, -0.05) is 0 Å². The summed E-state index contributed by atoms with van der Waals surface area (Å²) >= 11 is 4.39. The smallest absolute Gasteiger partial charge is 0.357 e. The molecule has 0 aromatic rings. The fourth-order valence-electron chi connectivity index (χ4n) is 0.607. The lowest BCUT2D eigenvalue weighted by molar-refractivity contribution is -0.138. The second-order valence-corrected chi connectivity index (χ2v) is 2.45. The van der Waals surface area contributed by atoms with Crippen molar-refractivity contribution in [2.45, 2.75) is 20.8 Å². The molecule has 0 heterocycles. The second-order valence-electron chi connectivity index (χ2n) is 2.27. The highest BCUT2D eigenvalue weighted by Gasteiger charge is 2.09. The molecule has 0 saturated heterocycles. The average molecular weight is 185 g/mol. The number of carbonyl (C=O) groups is 1. The van der Waals surface area contributed by atoms with Crippen LogP contribution in [0, 0.1) is 0 Å². The summed E-state index contributed by atoms with van der Waals surface area (Å²) in [4.78, 5) is 14.7. The lowest BCUT2D eigenvalue weighted by Gasteiger charge is -2.01. The Hall–Kier alpha value is -0.990. The van der Waals surface area contributed by atoms with Crippen LogP contribution in [0.15, 0.2) is 16.3 Å². The van der Waals surface area contributed by atoms with Gasteiger partial charge in [0.15, 0.2) is 5.70 Å². The van der Waals surface area contributed by atoms with Crippen molar-refractivity contribution in [3.8, 4) is 0 Å². The van der Waals surface area contributed by atoms with Gasteiger partial charge in [-0.15, -0.1) is 0 Å². The standard InChI is InChI=1S/C8H11NO2S/c1-4-11-8(10)7(6(2)3)9-5-12/h4H2,1-3H3. The predicted octanol–water partition coefficient (Wildman–Crippen LogP) is 1.95. The normalized spacial score (nSPS) is 8.25. The Morgan fingerprint density at radius 3 is 2.50 bits per heavy atom. The van der Waals surface area contributed by atoms with Crippen molar-refractivity contribution in [1.82, 2.24) is 0 Å². The quantitative estimate of drug-likeness (QED) is 0.292.